The fourth-order valence-electron chi connectivity index (χ4n) is 3.56. The van der Waals surface area contributed by atoms with Crippen LogP contribution in [0.5, 0.6) is 0 Å². The second kappa shape index (κ2) is 8.65. The first-order chi connectivity index (χ1) is 15.8. The number of benzene rings is 3. The zero-order chi connectivity index (χ0) is 23.3. The quantitative estimate of drug-likeness (QED) is 0.260. The second-order valence-corrected chi connectivity index (χ2v) is 10.2. The van der Waals surface area contributed by atoms with Crippen LogP contribution in [-0.4, -0.2) is 10.9 Å². The number of amides is 1. The number of thiophene rings is 1. The topological polar surface area (TPSA) is 55.1 Å². The Bertz CT molecular complexity index is 1540. The molecule has 0 saturated carbocycles. The van der Waals surface area contributed by atoms with Crippen molar-refractivity contribution in [2.45, 2.75) is 19.8 Å². The molecule has 1 amide bonds. The highest BCUT2D eigenvalue weighted by molar-refractivity contribution is 7.21. The summed E-state index contributed by atoms with van der Waals surface area (Å²) < 4.78 is 6.79. The van der Waals surface area contributed by atoms with Crippen molar-refractivity contribution in [1.82, 2.24) is 4.98 Å². The number of oxazole rings is 1. The number of hydrogen-bond donors (Lipinski definition) is 1. The lowest BCUT2D eigenvalue weighted by Crippen LogP contribution is -2.10. The van der Waals surface area contributed by atoms with E-state index in [2.05, 4.69) is 24.1 Å². The standard InChI is InChI=1S/C25H17Cl3N2O2S/c1-12(2)13-3-8-20-19(9-13)30-25(32-20)17-11-15(5-7-18(17)27)29-24(31)23-22(28)16-6-4-14(26)10-21(16)33-23/h3-12H,1-2H3,(H,29,31). The third-order valence-corrected chi connectivity index (χ3v) is 7.55. The Balaban J connectivity index is 1.47. The molecule has 0 radical (unpaired) electrons. The number of rotatable bonds is 4. The molecule has 0 atom stereocenters. The average molecular weight is 516 g/mol. The summed E-state index contributed by atoms with van der Waals surface area (Å²) in [7, 11) is 0. The van der Waals surface area contributed by atoms with Gasteiger partial charge in [-0.1, -0.05) is 60.8 Å². The van der Waals surface area contributed by atoms with Crippen LogP contribution in [0.2, 0.25) is 15.1 Å². The van der Waals surface area contributed by atoms with E-state index in [1.165, 1.54) is 16.9 Å². The van der Waals surface area contributed by atoms with Crippen LogP contribution in [0.4, 0.5) is 5.69 Å². The summed E-state index contributed by atoms with van der Waals surface area (Å²) in [5, 5.41) is 5.15. The zero-order valence-corrected chi connectivity index (χ0v) is 20.7. The molecule has 5 aromatic rings. The minimum Gasteiger partial charge on any atom is -0.436 e. The van der Waals surface area contributed by atoms with E-state index < -0.39 is 0 Å². The van der Waals surface area contributed by atoms with Crippen molar-refractivity contribution in [1.29, 1.82) is 0 Å². The number of carbonyl (C=O) groups excluding carboxylic acids is 1. The Hall–Kier alpha value is -2.57. The van der Waals surface area contributed by atoms with Crippen molar-refractivity contribution in [2.75, 3.05) is 5.32 Å². The second-order valence-electron chi connectivity index (χ2n) is 7.94. The molecule has 33 heavy (non-hydrogen) atoms. The Morgan fingerprint density at radius 3 is 2.64 bits per heavy atom. The predicted molar refractivity (Wildman–Crippen MR) is 138 cm³/mol. The van der Waals surface area contributed by atoms with Gasteiger partial charge in [0.05, 0.1) is 15.6 Å². The van der Waals surface area contributed by atoms with Crippen LogP contribution in [0.15, 0.2) is 59.0 Å². The SMILES string of the molecule is CC(C)c1ccc2oc(-c3cc(NC(=O)c4sc5cc(Cl)ccc5c4Cl)ccc3Cl)nc2c1. The number of anilines is 1. The summed E-state index contributed by atoms with van der Waals surface area (Å²) >= 11 is 20.3. The van der Waals surface area contributed by atoms with Gasteiger partial charge in [-0.15, -0.1) is 11.3 Å². The van der Waals surface area contributed by atoms with Crippen LogP contribution in [-0.2, 0) is 0 Å². The smallest absolute Gasteiger partial charge is 0.267 e. The molecule has 2 aromatic heterocycles. The summed E-state index contributed by atoms with van der Waals surface area (Å²) in [6, 6.07) is 16.5. The maximum atomic E-state index is 13.0. The molecule has 4 nitrogen and oxygen atoms in total. The van der Waals surface area contributed by atoms with Gasteiger partial charge >= 0.3 is 0 Å². The molecule has 0 unspecified atom stereocenters. The van der Waals surface area contributed by atoms with E-state index in [4.69, 9.17) is 39.2 Å². The van der Waals surface area contributed by atoms with Gasteiger partial charge in [-0.25, -0.2) is 4.98 Å². The number of hydrogen-bond acceptors (Lipinski definition) is 4. The van der Waals surface area contributed by atoms with Crippen LogP contribution in [0.25, 0.3) is 32.6 Å². The minimum atomic E-state index is -0.315. The lowest BCUT2D eigenvalue weighted by molar-refractivity contribution is 0.103. The van der Waals surface area contributed by atoms with Crippen molar-refractivity contribution in [3.63, 3.8) is 0 Å². The van der Waals surface area contributed by atoms with Gasteiger partial charge in [-0.2, -0.15) is 0 Å². The van der Waals surface area contributed by atoms with Gasteiger partial charge in [-0.3, -0.25) is 4.79 Å². The van der Waals surface area contributed by atoms with E-state index in [0.29, 0.717) is 48.6 Å². The first-order valence-electron chi connectivity index (χ1n) is 10.2. The molecule has 2 heterocycles. The van der Waals surface area contributed by atoms with Gasteiger partial charge in [0.25, 0.3) is 5.91 Å². The molecular formula is C25H17Cl3N2O2S. The van der Waals surface area contributed by atoms with Gasteiger partial charge < -0.3 is 9.73 Å². The molecule has 0 saturated heterocycles. The summed E-state index contributed by atoms with van der Waals surface area (Å²) in [6.45, 7) is 4.26. The largest absolute Gasteiger partial charge is 0.436 e. The summed E-state index contributed by atoms with van der Waals surface area (Å²) in [6.07, 6.45) is 0. The third kappa shape index (κ3) is 4.22. The molecule has 0 spiro atoms. The molecular weight excluding hydrogens is 499 g/mol. The van der Waals surface area contributed by atoms with E-state index >= 15 is 0 Å². The van der Waals surface area contributed by atoms with Crippen molar-refractivity contribution in [3.8, 4) is 11.5 Å². The van der Waals surface area contributed by atoms with Gasteiger partial charge in [-0.05, 0) is 53.9 Å². The van der Waals surface area contributed by atoms with Crippen molar-refractivity contribution >= 4 is 78.9 Å². The fourth-order valence-corrected chi connectivity index (χ4v) is 5.45. The molecule has 0 aliphatic heterocycles. The normalized spacial score (nSPS) is 11.6. The Morgan fingerprint density at radius 1 is 1.03 bits per heavy atom. The Morgan fingerprint density at radius 2 is 1.85 bits per heavy atom. The number of fused-ring (bicyclic) bond motifs is 2. The highest BCUT2D eigenvalue weighted by atomic mass is 35.5. The van der Waals surface area contributed by atoms with Gasteiger partial charge in [0.1, 0.15) is 10.4 Å². The van der Waals surface area contributed by atoms with E-state index in [9.17, 15) is 4.79 Å². The van der Waals surface area contributed by atoms with Crippen LogP contribution in [0.1, 0.15) is 35.0 Å². The van der Waals surface area contributed by atoms with Crippen LogP contribution >= 0.6 is 46.1 Å². The predicted octanol–water partition coefficient (Wildman–Crippen LogP) is 9.05. The lowest BCUT2D eigenvalue weighted by Gasteiger charge is -2.07. The highest BCUT2D eigenvalue weighted by Gasteiger charge is 2.19. The Labute approximate surface area is 209 Å². The summed E-state index contributed by atoms with van der Waals surface area (Å²) in [5.74, 6) is 0.458. The van der Waals surface area contributed by atoms with E-state index in [0.717, 1.165) is 15.6 Å². The molecule has 3 aromatic carbocycles. The third-order valence-electron chi connectivity index (χ3n) is 5.33. The van der Waals surface area contributed by atoms with Crippen LogP contribution in [0, 0.1) is 0 Å². The van der Waals surface area contributed by atoms with Gasteiger partial charge in [0.2, 0.25) is 5.89 Å². The maximum Gasteiger partial charge on any atom is 0.267 e. The van der Waals surface area contributed by atoms with Crippen LogP contribution < -0.4 is 5.32 Å². The first kappa shape index (κ1) is 22.2. The van der Waals surface area contributed by atoms with Crippen molar-refractivity contribution in [3.05, 3.63) is 80.1 Å². The summed E-state index contributed by atoms with van der Waals surface area (Å²) in [5.41, 5.74) is 3.76. The average Bonchev–Trinajstić information content (AvgIpc) is 3.35. The highest BCUT2D eigenvalue weighted by Crippen LogP contribution is 2.38. The maximum absolute atomic E-state index is 13.0. The Kier molecular flexibility index (Phi) is 5.83. The van der Waals surface area contributed by atoms with E-state index in [-0.39, 0.29) is 5.91 Å². The minimum absolute atomic E-state index is 0.315. The molecule has 166 valence electrons. The first-order valence-corrected chi connectivity index (χ1v) is 12.1. The number of nitrogens with zero attached hydrogens (tertiary/aromatic N) is 1. The molecule has 0 aliphatic carbocycles. The molecule has 0 bridgehead atoms. The molecule has 8 heteroatoms. The zero-order valence-electron chi connectivity index (χ0n) is 17.6. The van der Waals surface area contributed by atoms with Gasteiger partial charge in [0.15, 0.2) is 5.58 Å². The molecule has 0 fully saturated rings. The molecule has 1 N–H and O–H groups in total. The van der Waals surface area contributed by atoms with Crippen molar-refractivity contribution < 1.29 is 9.21 Å². The number of aromatic nitrogens is 1. The fraction of sp³-hybridized carbons (Fsp3) is 0.120. The van der Waals surface area contributed by atoms with E-state index in [1.54, 1.807) is 30.3 Å². The van der Waals surface area contributed by atoms with Crippen molar-refractivity contribution in [2.24, 2.45) is 0 Å². The number of halogens is 3. The molecule has 0 aliphatic rings. The lowest BCUT2D eigenvalue weighted by atomic mass is 10.0. The monoisotopic (exact) mass is 514 g/mol. The summed E-state index contributed by atoms with van der Waals surface area (Å²) in [4.78, 5) is 18.0. The number of carbonyl (C=O) groups is 1. The molecule has 5 rings (SSSR count). The van der Waals surface area contributed by atoms with Crippen LogP contribution in [0.3, 0.4) is 0 Å². The van der Waals surface area contributed by atoms with E-state index in [1.807, 2.05) is 24.3 Å². The number of nitrogens with one attached hydrogen (secondary N) is 1. The van der Waals surface area contributed by atoms with Gasteiger partial charge in [0, 0.05) is 20.8 Å².